The third-order valence-electron chi connectivity index (χ3n) is 9.19. The van der Waals surface area contributed by atoms with E-state index in [1.807, 2.05) is 6.92 Å². The van der Waals surface area contributed by atoms with E-state index in [1.54, 1.807) is 0 Å². The average molecular weight is 370 g/mol. The van der Waals surface area contributed by atoms with Crippen LogP contribution in [0.1, 0.15) is 64.7 Å². The summed E-state index contributed by atoms with van der Waals surface area (Å²) in [7, 11) is 0. The maximum atomic E-state index is 13.5. The first-order chi connectivity index (χ1) is 12.3. The van der Waals surface area contributed by atoms with Crippen molar-refractivity contribution in [2.45, 2.75) is 82.7 Å². The van der Waals surface area contributed by atoms with Crippen LogP contribution in [0, 0.1) is 40.9 Å². The van der Waals surface area contributed by atoms with Crippen LogP contribution in [-0.2, 0) is 0 Å². The van der Waals surface area contributed by atoms with Crippen LogP contribution in [0.4, 0.5) is 13.2 Å². The van der Waals surface area contributed by atoms with Crippen LogP contribution < -0.4 is 0 Å². The van der Waals surface area contributed by atoms with Crippen LogP contribution >= 0.6 is 0 Å². The summed E-state index contributed by atoms with van der Waals surface area (Å²) in [6.45, 7) is 2.00. The highest BCUT2D eigenvalue weighted by Gasteiger charge is 2.73. The van der Waals surface area contributed by atoms with Crippen LogP contribution in [0.15, 0.2) is 10.2 Å². The highest BCUT2D eigenvalue weighted by Crippen LogP contribution is 2.69. The van der Waals surface area contributed by atoms with E-state index in [-0.39, 0.29) is 5.92 Å². The molecule has 26 heavy (non-hydrogen) atoms. The first-order valence-corrected chi connectivity index (χ1v) is 10.5. The van der Waals surface area contributed by atoms with Crippen molar-refractivity contribution >= 4 is 0 Å². The minimum atomic E-state index is -4.41. The Balaban J connectivity index is 1.47. The second-order valence-corrected chi connectivity index (χ2v) is 9.95. The molecule has 9 atom stereocenters. The van der Waals surface area contributed by atoms with Crippen LogP contribution in [0.5, 0.6) is 0 Å². The molecule has 0 spiro atoms. The SMILES string of the molecule is C[C@]12CCC3C4CCCCC4CCC3C1CC1C(C(F)(F)F)N=NC12O. The van der Waals surface area contributed by atoms with Gasteiger partial charge in [0.05, 0.1) is 0 Å². The maximum absolute atomic E-state index is 13.5. The zero-order valence-electron chi connectivity index (χ0n) is 15.4. The number of rotatable bonds is 0. The molecule has 5 rings (SSSR count). The van der Waals surface area contributed by atoms with E-state index in [1.165, 1.54) is 32.1 Å². The fourth-order valence-electron chi connectivity index (χ4n) is 7.96. The maximum Gasteiger partial charge on any atom is 0.413 e. The molecule has 1 aliphatic heterocycles. The van der Waals surface area contributed by atoms with Crippen molar-refractivity contribution in [3.05, 3.63) is 0 Å². The molecule has 0 aromatic heterocycles. The van der Waals surface area contributed by atoms with Crippen LogP contribution in [0.25, 0.3) is 0 Å². The lowest BCUT2D eigenvalue weighted by Gasteiger charge is -2.56. The van der Waals surface area contributed by atoms with Gasteiger partial charge in [0, 0.05) is 11.3 Å². The van der Waals surface area contributed by atoms with Gasteiger partial charge in [0.25, 0.3) is 0 Å². The second-order valence-electron chi connectivity index (χ2n) is 9.95. The molecule has 4 saturated carbocycles. The van der Waals surface area contributed by atoms with Gasteiger partial charge in [0.1, 0.15) is 0 Å². The molecule has 8 unspecified atom stereocenters. The minimum Gasteiger partial charge on any atom is -0.367 e. The molecule has 0 aromatic rings. The predicted molar refractivity (Wildman–Crippen MR) is 90.2 cm³/mol. The predicted octanol–water partition coefficient (Wildman–Crippen LogP) is 5.34. The lowest BCUT2D eigenvalue weighted by Crippen LogP contribution is -2.54. The molecule has 6 heteroatoms. The normalized spacial score (nSPS) is 55.8. The number of azo groups is 1. The molecule has 3 nitrogen and oxygen atoms in total. The monoisotopic (exact) mass is 370 g/mol. The Hall–Kier alpha value is -0.650. The summed E-state index contributed by atoms with van der Waals surface area (Å²) in [4.78, 5) is 0. The molecule has 0 saturated heterocycles. The van der Waals surface area contributed by atoms with Gasteiger partial charge >= 0.3 is 6.18 Å². The summed E-state index contributed by atoms with van der Waals surface area (Å²) >= 11 is 0. The number of hydrogen-bond donors (Lipinski definition) is 1. The van der Waals surface area contributed by atoms with Crippen LogP contribution in [-0.4, -0.2) is 23.0 Å². The zero-order chi connectivity index (χ0) is 18.3. The Kier molecular flexibility index (Phi) is 3.66. The van der Waals surface area contributed by atoms with Gasteiger partial charge in [-0.25, -0.2) is 0 Å². The van der Waals surface area contributed by atoms with Gasteiger partial charge in [-0.2, -0.15) is 23.4 Å². The first kappa shape index (κ1) is 17.4. The summed E-state index contributed by atoms with van der Waals surface area (Å²) in [6, 6.07) is -1.82. The highest BCUT2D eigenvalue weighted by atomic mass is 19.4. The highest BCUT2D eigenvalue weighted by molar-refractivity contribution is 5.18. The van der Waals surface area contributed by atoms with Gasteiger partial charge < -0.3 is 5.11 Å². The molecule has 4 aliphatic carbocycles. The van der Waals surface area contributed by atoms with Crippen molar-refractivity contribution in [2.75, 3.05) is 0 Å². The van der Waals surface area contributed by atoms with E-state index in [0.29, 0.717) is 18.3 Å². The third kappa shape index (κ3) is 2.11. The number of alkyl halides is 3. The van der Waals surface area contributed by atoms with Gasteiger partial charge in [-0.1, -0.05) is 26.2 Å². The fourth-order valence-corrected chi connectivity index (χ4v) is 7.96. The Morgan fingerprint density at radius 1 is 0.923 bits per heavy atom. The van der Waals surface area contributed by atoms with Crippen molar-refractivity contribution in [1.29, 1.82) is 0 Å². The van der Waals surface area contributed by atoms with Crippen molar-refractivity contribution in [3.63, 3.8) is 0 Å². The third-order valence-corrected chi connectivity index (χ3v) is 9.19. The molecule has 0 aromatic carbocycles. The lowest BCUT2D eigenvalue weighted by molar-refractivity contribution is -0.174. The smallest absolute Gasteiger partial charge is 0.367 e. The van der Waals surface area contributed by atoms with E-state index in [0.717, 1.165) is 31.1 Å². The van der Waals surface area contributed by atoms with E-state index in [4.69, 9.17) is 0 Å². The Morgan fingerprint density at radius 2 is 1.69 bits per heavy atom. The summed E-state index contributed by atoms with van der Waals surface area (Å²) in [5, 5.41) is 18.7. The minimum absolute atomic E-state index is 0.156. The summed E-state index contributed by atoms with van der Waals surface area (Å²) in [5.74, 6) is 1.98. The van der Waals surface area contributed by atoms with Crippen molar-refractivity contribution in [3.8, 4) is 0 Å². The van der Waals surface area contributed by atoms with Gasteiger partial charge in [-0.15, -0.1) is 0 Å². The number of halogens is 3. The van der Waals surface area contributed by atoms with E-state index in [2.05, 4.69) is 10.2 Å². The quantitative estimate of drug-likeness (QED) is 0.614. The van der Waals surface area contributed by atoms with Gasteiger partial charge in [0.15, 0.2) is 11.8 Å². The lowest BCUT2D eigenvalue weighted by atomic mass is 9.50. The van der Waals surface area contributed by atoms with Gasteiger partial charge in [0.2, 0.25) is 0 Å². The van der Waals surface area contributed by atoms with E-state index >= 15 is 0 Å². The molecule has 0 radical (unpaired) electrons. The molecular formula is C20H29F3N2O. The number of aliphatic hydroxyl groups is 1. The summed E-state index contributed by atoms with van der Waals surface area (Å²) in [5.41, 5.74) is -2.17. The molecule has 1 heterocycles. The molecular weight excluding hydrogens is 341 g/mol. The van der Waals surface area contributed by atoms with Gasteiger partial charge in [-0.3, -0.25) is 0 Å². The Bertz CT molecular complexity index is 623. The zero-order valence-corrected chi connectivity index (χ0v) is 15.4. The van der Waals surface area contributed by atoms with Crippen molar-refractivity contribution < 1.29 is 18.3 Å². The Labute approximate surface area is 152 Å². The fraction of sp³-hybridized carbons (Fsp3) is 1.00. The van der Waals surface area contributed by atoms with Crippen LogP contribution in [0.3, 0.4) is 0 Å². The molecule has 0 bridgehead atoms. The molecule has 4 fully saturated rings. The van der Waals surface area contributed by atoms with E-state index < -0.39 is 29.3 Å². The molecule has 1 N–H and O–H groups in total. The number of nitrogens with zero attached hydrogens (tertiary/aromatic N) is 2. The van der Waals surface area contributed by atoms with Crippen molar-refractivity contribution in [1.82, 2.24) is 0 Å². The molecule has 5 aliphatic rings. The molecule has 0 amide bonds. The Morgan fingerprint density at radius 3 is 2.46 bits per heavy atom. The number of hydrogen-bond acceptors (Lipinski definition) is 3. The summed E-state index contributed by atoms with van der Waals surface area (Å²) in [6.07, 6.45) is 5.50. The standard InChI is InChI=1S/C20H29F3N2O/c1-18-9-8-13-12-5-3-2-4-11(12)6-7-14(13)15(18)10-16-17(20(21,22)23)24-25-19(16,18)26/h11-17,26H,2-10H2,1H3/t11?,12?,13?,14?,15?,16?,17?,18-,19?/m0/s1. The van der Waals surface area contributed by atoms with Gasteiger partial charge in [-0.05, 0) is 68.1 Å². The van der Waals surface area contributed by atoms with E-state index in [9.17, 15) is 18.3 Å². The first-order valence-electron chi connectivity index (χ1n) is 10.5. The largest absolute Gasteiger partial charge is 0.413 e. The molecule has 146 valence electrons. The summed E-state index contributed by atoms with van der Waals surface area (Å²) < 4.78 is 40.4. The average Bonchev–Trinajstić information content (AvgIpc) is 3.05. The number of fused-ring (bicyclic) bond motifs is 7. The van der Waals surface area contributed by atoms with Crippen molar-refractivity contribution in [2.24, 2.45) is 51.2 Å². The second kappa shape index (κ2) is 5.45. The van der Waals surface area contributed by atoms with Crippen LogP contribution in [0.2, 0.25) is 0 Å². The topological polar surface area (TPSA) is 45.0 Å².